The third-order valence-electron chi connectivity index (χ3n) is 5.58. The van der Waals surface area contributed by atoms with Crippen molar-refractivity contribution in [3.63, 3.8) is 0 Å². The van der Waals surface area contributed by atoms with Crippen LogP contribution in [0.1, 0.15) is 48.1 Å². The Bertz CT molecular complexity index is 833. The van der Waals surface area contributed by atoms with E-state index in [9.17, 15) is 4.79 Å². The van der Waals surface area contributed by atoms with Crippen LogP contribution in [0.2, 0.25) is 0 Å². The smallest absolute Gasteiger partial charge is 0.221 e. The van der Waals surface area contributed by atoms with Crippen LogP contribution in [-0.4, -0.2) is 30.0 Å². The van der Waals surface area contributed by atoms with Crippen molar-refractivity contribution in [2.75, 3.05) is 13.1 Å². The van der Waals surface area contributed by atoms with Crippen LogP contribution in [0.25, 0.3) is 0 Å². The number of nitrogens with one attached hydrogen (secondary N) is 1. The van der Waals surface area contributed by atoms with Gasteiger partial charge in [0.2, 0.25) is 5.91 Å². The molecule has 0 unspecified atom stereocenters. The summed E-state index contributed by atoms with van der Waals surface area (Å²) in [7, 11) is 0. The first-order valence-corrected chi connectivity index (χ1v) is 9.94. The molecule has 1 amide bonds. The zero-order chi connectivity index (χ0) is 18.8. The second kappa shape index (κ2) is 7.73. The van der Waals surface area contributed by atoms with Crippen LogP contribution in [-0.2, 0) is 17.8 Å². The summed E-state index contributed by atoms with van der Waals surface area (Å²) in [5, 5.41) is 3.23. The number of nitrogens with zero attached hydrogens (tertiary/aromatic N) is 1. The molecular formula is C23H28N2O2. The minimum atomic E-state index is 0.124. The summed E-state index contributed by atoms with van der Waals surface area (Å²) in [4.78, 5) is 14.9. The summed E-state index contributed by atoms with van der Waals surface area (Å²) in [6.07, 6.45) is 2.70. The first-order chi connectivity index (χ1) is 13.1. The number of rotatable bonds is 4. The molecule has 1 aliphatic carbocycles. The molecule has 2 aliphatic rings. The standard InChI is InChI=1S/C23H28N2O2/c1-16-7-10-22-19(13-16)15-25(14-17(2)27-22)12-11-23(26)24-21-9-8-18-5-3-4-6-20(18)21/h3-7,10,13,17,21H,8-9,11-12,14-15H2,1-2H3,(H,24,26)/t17-,21-/m0/s1. The maximum absolute atomic E-state index is 12.5. The summed E-state index contributed by atoms with van der Waals surface area (Å²) in [5.41, 5.74) is 5.11. The highest BCUT2D eigenvalue weighted by Gasteiger charge is 2.24. The minimum Gasteiger partial charge on any atom is -0.489 e. The molecule has 2 aromatic rings. The van der Waals surface area contributed by atoms with Crippen molar-refractivity contribution in [1.29, 1.82) is 0 Å². The lowest BCUT2D eigenvalue weighted by molar-refractivity contribution is -0.122. The maximum atomic E-state index is 12.5. The molecule has 4 rings (SSSR count). The Labute approximate surface area is 161 Å². The quantitative estimate of drug-likeness (QED) is 0.898. The predicted octanol–water partition coefficient (Wildman–Crippen LogP) is 3.77. The van der Waals surface area contributed by atoms with Crippen LogP contribution in [0, 0.1) is 6.92 Å². The Morgan fingerprint density at radius 2 is 2.07 bits per heavy atom. The second-order valence-electron chi connectivity index (χ2n) is 7.88. The fourth-order valence-electron chi connectivity index (χ4n) is 4.27. The number of amides is 1. The average Bonchev–Trinajstić information content (AvgIpc) is 2.97. The maximum Gasteiger partial charge on any atom is 0.221 e. The Balaban J connectivity index is 1.35. The topological polar surface area (TPSA) is 41.6 Å². The van der Waals surface area contributed by atoms with Crippen molar-refractivity contribution in [2.24, 2.45) is 0 Å². The van der Waals surface area contributed by atoms with Gasteiger partial charge in [0.05, 0.1) is 6.04 Å². The van der Waals surface area contributed by atoms with Gasteiger partial charge in [0.15, 0.2) is 0 Å². The van der Waals surface area contributed by atoms with E-state index in [1.807, 2.05) is 0 Å². The number of hydrogen-bond acceptors (Lipinski definition) is 3. The molecule has 0 saturated carbocycles. The Kier molecular flexibility index (Phi) is 5.17. The van der Waals surface area contributed by atoms with Crippen LogP contribution < -0.4 is 10.1 Å². The summed E-state index contributed by atoms with van der Waals surface area (Å²) < 4.78 is 6.05. The van der Waals surface area contributed by atoms with Gasteiger partial charge in [0.1, 0.15) is 11.9 Å². The lowest BCUT2D eigenvalue weighted by Gasteiger charge is -2.22. The summed E-state index contributed by atoms with van der Waals surface area (Å²) >= 11 is 0. The summed E-state index contributed by atoms with van der Waals surface area (Å²) in [6.45, 7) is 6.62. The number of aryl methyl sites for hydroxylation is 2. The van der Waals surface area contributed by atoms with Gasteiger partial charge in [-0.15, -0.1) is 0 Å². The highest BCUT2D eigenvalue weighted by molar-refractivity contribution is 5.76. The molecule has 0 saturated heterocycles. The van der Waals surface area contributed by atoms with Crippen LogP contribution >= 0.6 is 0 Å². The molecule has 0 radical (unpaired) electrons. The molecule has 4 nitrogen and oxygen atoms in total. The largest absolute Gasteiger partial charge is 0.489 e. The van der Waals surface area contributed by atoms with Crippen molar-refractivity contribution >= 4 is 5.91 Å². The third-order valence-corrected chi connectivity index (χ3v) is 5.58. The first-order valence-electron chi connectivity index (χ1n) is 9.94. The van der Waals surface area contributed by atoms with Crippen LogP contribution in [0.3, 0.4) is 0 Å². The Morgan fingerprint density at radius 1 is 1.22 bits per heavy atom. The van der Waals surface area contributed by atoms with Crippen LogP contribution in [0.15, 0.2) is 42.5 Å². The molecule has 0 fully saturated rings. The number of ether oxygens (including phenoxy) is 1. The zero-order valence-electron chi connectivity index (χ0n) is 16.2. The van der Waals surface area contributed by atoms with Gasteiger partial charge in [0, 0.05) is 31.6 Å². The van der Waals surface area contributed by atoms with E-state index in [0.29, 0.717) is 6.42 Å². The summed E-state index contributed by atoms with van der Waals surface area (Å²) in [6, 6.07) is 15.0. The van der Waals surface area contributed by atoms with Crippen molar-refractivity contribution < 1.29 is 9.53 Å². The second-order valence-corrected chi connectivity index (χ2v) is 7.88. The van der Waals surface area contributed by atoms with E-state index < -0.39 is 0 Å². The Hall–Kier alpha value is -2.33. The van der Waals surface area contributed by atoms with Gasteiger partial charge in [-0.3, -0.25) is 9.69 Å². The SMILES string of the molecule is Cc1ccc2c(c1)CN(CCC(=O)N[C@H]1CCc3ccccc31)C[C@H](C)O2. The fourth-order valence-corrected chi connectivity index (χ4v) is 4.27. The highest BCUT2D eigenvalue weighted by atomic mass is 16.5. The zero-order valence-corrected chi connectivity index (χ0v) is 16.2. The molecule has 2 aromatic carbocycles. The van der Waals surface area contributed by atoms with E-state index >= 15 is 0 Å². The van der Waals surface area contributed by atoms with Gasteiger partial charge >= 0.3 is 0 Å². The lowest BCUT2D eigenvalue weighted by atomic mass is 10.1. The molecule has 1 aliphatic heterocycles. The molecule has 1 N–H and O–H groups in total. The van der Waals surface area contributed by atoms with Gasteiger partial charge < -0.3 is 10.1 Å². The first kappa shape index (κ1) is 18.1. The van der Waals surface area contributed by atoms with E-state index in [1.165, 1.54) is 22.3 Å². The van der Waals surface area contributed by atoms with Crippen molar-refractivity contribution in [2.45, 2.75) is 51.8 Å². The highest BCUT2D eigenvalue weighted by Crippen LogP contribution is 2.31. The minimum absolute atomic E-state index is 0.124. The lowest BCUT2D eigenvalue weighted by Crippen LogP contribution is -2.35. The normalized spacial score (nSPS) is 21.7. The molecule has 0 aromatic heterocycles. The number of benzene rings is 2. The number of carbonyl (C=O) groups is 1. The van der Waals surface area contributed by atoms with E-state index in [4.69, 9.17) is 4.74 Å². The molecule has 0 bridgehead atoms. The Morgan fingerprint density at radius 3 is 2.96 bits per heavy atom. The van der Waals surface area contributed by atoms with E-state index in [1.54, 1.807) is 0 Å². The average molecular weight is 364 g/mol. The van der Waals surface area contributed by atoms with Crippen molar-refractivity contribution in [1.82, 2.24) is 10.2 Å². The van der Waals surface area contributed by atoms with E-state index in [2.05, 4.69) is 66.5 Å². The third kappa shape index (κ3) is 4.16. The monoisotopic (exact) mass is 364 g/mol. The van der Waals surface area contributed by atoms with Gasteiger partial charge in [-0.1, -0.05) is 42.0 Å². The van der Waals surface area contributed by atoms with E-state index in [0.717, 1.165) is 38.2 Å². The van der Waals surface area contributed by atoms with Crippen LogP contribution in [0.4, 0.5) is 0 Å². The molecule has 142 valence electrons. The van der Waals surface area contributed by atoms with Gasteiger partial charge in [0.25, 0.3) is 0 Å². The summed E-state index contributed by atoms with van der Waals surface area (Å²) in [5.74, 6) is 1.11. The molecular weight excluding hydrogens is 336 g/mol. The molecule has 1 heterocycles. The predicted molar refractivity (Wildman–Crippen MR) is 107 cm³/mol. The fraction of sp³-hybridized carbons (Fsp3) is 0.435. The van der Waals surface area contributed by atoms with Gasteiger partial charge in [-0.2, -0.15) is 0 Å². The van der Waals surface area contributed by atoms with Gasteiger partial charge in [-0.05, 0) is 43.9 Å². The van der Waals surface area contributed by atoms with E-state index in [-0.39, 0.29) is 18.1 Å². The number of hydrogen-bond donors (Lipinski definition) is 1. The molecule has 2 atom stereocenters. The number of fused-ring (bicyclic) bond motifs is 2. The molecule has 0 spiro atoms. The van der Waals surface area contributed by atoms with Crippen molar-refractivity contribution in [3.8, 4) is 5.75 Å². The van der Waals surface area contributed by atoms with Gasteiger partial charge in [-0.25, -0.2) is 0 Å². The molecule has 27 heavy (non-hydrogen) atoms. The molecule has 4 heteroatoms. The number of carbonyl (C=O) groups excluding carboxylic acids is 1. The van der Waals surface area contributed by atoms with Crippen LogP contribution in [0.5, 0.6) is 5.75 Å². The van der Waals surface area contributed by atoms with Crippen molar-refractivity contribution in [3.05, 3.63) is 64.7 Å².